The van der Waals surface area contributed by atoms with Crippen molar-refractivity contribution in [3.05, 3.63) is 44.2 Å². The zero-order valence-electron chi connectivity index (χ0n) is 24.8. The van der Waals surface area contributed by atoms with Crippen molar-refractivity contribution in [1.82, 2.24) is 19.4 Å². The number of aromatic nitrogens is 3. The van der Waals surface area contributed by atoms with Gasteiger partial charge in [-0.05, 0) is 59.3 Å². The van der Waals surface area contributed by atoms with Crippen LogP contribution in [0.4, 0.5) is 10.9 Å². The first kappa shape index (κ1) is 31.8. The number of nitrogens with one attached hydrogen (secondary N) is 1. The van der Waals surface area contributed by atoms with Gasteiger partial charge < -0.3 is 34.3 Å². The molecule has 4 heterocycles. The lowest BCUT2D eigenvalue weighted by Crippen LogP contribution is -2.50. The summed E-state index contributed by atoms with van der Waals surface area (Å²) in [6.07, 6.45) is 2.00. The third-order valence-corrected chi connectivity index (χ3v) is 8.21. The molecule has 43 heavy (non-hydrogen) atoms. The molecular weight excluding hydrogens is 596 g/mol. The second-order valence-electron chi connectivity index (χ2n) is 10.4. The summed E-state index contributed by atoms with van der Waals surface area (Å²) in [5.74, 6) is -1.97. The van der Waals surface area contributed by atoms with E-state index in [1.807, 2.05) is 16.7 Å². The van der Waals surface area contributed by atoms with E-state index in [4.69, 9.17) is 21.7 Å². The maximum atomic E-state index is 13.0. The van der Waals surface area contributed by atoms with Gasteiger partial charge in [-0.1, -0.05) is 0 Å². The molecule has 0 amide bonds. The minimum Gasteiger partial charge on any atom is -0.477 e. The van der Waals surface area contributed by atoms with Gasteiger partial charge in [-0.3, -0.25) is 4.79 Å². The molecule has 0 saturated carbocycles. The van der Waals surface area contributed by atoms with Crippen molar-refractivity contribution in [1.29, 1.82) is 0 Å². The summed E-state index contributed by atoms with van der Waals surface area (Å²) in [4.78, 5) is 63.0. The van der Waals surface area contributed by atoms with Gasteiger partial charge >= 0.3 is 17.9 Å². The fourth-order valence-electron chi connectivity index (χ4n) is 4.58. The molecule has 1 aliphatic heterocycles. The van der Waals surface area contributed by atoms with Crippen LogP contribution in [-0.2, 0) is 16.0 Å². The molecule has 1 saturated heterocycles. The molecular formula is C28H34N6O7S2. The molecule has 0 atom stereocenters. The molecule has 1 aliphatic rings. The monoisotopic (exact) mass is 630 g/mol. The number of esters is 2. The molecule has 0 spiro atoms. The minimum atomic E-state index is -1.30. The largest absolute Gasteiger partial charge is 0.477 e. The zero-order valence-corrected chi connectivity index (χ0v) is 26.4. The number of thiophene rings is 1. The number of carboxylic acid groups (broad SMARTS) is 1. The summed E-state index contributed by atoms with van der Waals surface area (Å²) in [7, 11) is 0. The maximum absolute atomic E-state index is 13.0. The number of carboxylic acids is 1. The summed E-state index contributed by atoms with van der Waals surface area (Å²) >= 11 is 6.79. The molecule has 0 aromatic carbocycles. The molecule has 15 heteroatoms. The Morgan fingerprint density at radius 1 is 1.09 bits per heavy atom. The highest BCUT2D eigenvalue weighted by atomic mass is 32.1. The zero-order chi connectivity index (χ0) is 31.6. The van der Waals surface area contributed by atoms with Crippen LogP contribution < -0.4 is 15.6 Å². The van der Waals surface area contributed by atoms with E-state index in [-0.39, 0.29) is 28.7 Å². The van der Waals surface area contributed by atoms with Crippen LogP contribution in [-0.4, -0.2) is 85.9 Å². The van der Waals surface area contributed by atoms with Gasteiger partial charge in [0.05, 0.1) is 23.2 Å². The van der Waals surface area contributed by atoms with Gasteiger partial charge in [-0.25, -0.2) is 19.4 Å². The molecule has 0 unspecified atom stereocenters. The Morgan fingerprint density at radius 3 is 2.30 bits per heavy atom. The number of pyridine rings is 1. The van der Waals surface area contributed by atoms with Gasteiger partial charge in [0.1, 0.15) is 21.1 Å². The summed E-state index contributed by atoms with van der Waals surface area (Å²) in [5.41, 5.74) is 0.119. The van der Waals surface area contributed by atoms with E-state index in [9.17, 15) is 24.3 Å². The number of carbonyl (C=O) groups excluding carboxylic acids is 2. The van der Waals surface area contributed by atoms with Gasteiger partial charge in [0.15, 0.2) is 5.11 Å². The van der Waals surface area contributed by atoms with Crippen LogP contribution in [0.5, 0.6) is 0 Å². The number of thiocarbonyl (C=S) groups is 1. The standard InChI is InChI=1S/C28H34N6O7S2/c1-7-32-13-18(24(36)37)20(35)17-12-29-27(30-22(17)32)33-8-10-34(11-9-33)28(42)31-23-19(25(38)40-14(2)3)16(6)21(43-23)26(39)41-15(4)5/h12-15H,7-11H2,1-6H3,(H,31,42)(H,36,37). The van der Waals surface area contributed by atoms with E-state index in [0.717, 1.165) is 11.3 Å². The van der Waals surface area contributed by atoms with Crippen molar-refractivity contribution in [2.24, 2.45) is 0 Å². The number of fused-ring (bicyclic) bond motifs is 1. The van der Waals surface area contributed by atoms with Gasteiger partial charge in [-0.15, -0.1) is 11.3 Å². The van der Waals surface area contributed by atoms with Crippen LogP contribution in [0.15, 0.2) is 17.2 Å². The minimum absolute atomic E-state index is 0.143. The average molecular weight is 631 g/mol. The fourth-order valence-corrected chi connectivity index (χ4v) is 6.00. The molecule has 4 rings (SSSR count). The van der Waals surface area contributed by atoms with Crippen LogP contribution in [0.2, 0.25) is 0 Å². The second-order valence-corrected chi connectivity index (χ2v) is 11.9. The van der Waals surface area contributed by atoms with Crippen molar-refractivity contribution in [3.63, 3.8) is 0 Å². The molecule has 0 bridgehead atoms. The van der Waals surface area contributed by atoms with E-state index >= 15 is 0 Å². The summed E-state index contributed by atoms with van der Waals surface area (Å²) < 4.78 is 12.4. The van der Waals surface area contributed by atoms with Crippen molar-refractivity contribution >= 4 is 68.6 Å². The molecule has 0 aliphatic carbocycles. The first-order valence-corrected chi connectivity index (χ1v) is 15.0. The van der Waals surface area contributed by atoms with Crippen LogP contribution >= 0.6 is 23.6 Å². The Hall–Kier alpha value is -4.11. The van der Waals surface area contributed by atoms with Crippen LogP contribution in [0, 0.1) is 6.92 Å². The second kappa shape index (κ2) is 13.0. The quantitative estimate of drug-likeness (QED) is 0.276. The summed E-state index contributed by atoms with van der Waals surface area (Å²) in [5, 5.41) is 13.5. The highest BCUT2D eigenvalue weighted by molar-refractivity contribution is 7.80. The lowest BCUT2D eigenvalue weighted by atomic mass is 10.1. The first-order chi connectivity index (χ1) is 20.3. The van der Waals surface area contributed by atoms with Crippen molar-refractivity contribution in [2.75, 3.05) is 36.4 Å². The maximum Gasteiger partial charge on any atom is 0.348 e. The number of anilines is 2. The molecule has 1 fully saturated rings. The topological polar surface area (TPSA) is 156 Å². The van der Waals surface area contributed by atoms with Gasteiger partial charge in [0, 0.05) is 45.1 Å². The summed E-state index contributed by atoms with van der Waals surface area (Å²) in [6, 6.07) is 0. The van der Waals surface area contributed by atoms with Crippen molar-refractivity contribution in [3.8, 4) is 0 Å². The lowest BCUT2D eigenvalue weighted by molar-refractivity contribution is 0.0378. The lowest BCUT2D eigenvalue weighted by Gasteiger charge is -2.36. The van der Waals surface area contributed by atoms with Gasteiger partial charge in [0.2, 0.25) is 11.4 Å². The normalized spacial score (nSPS) is 13.5. The van der Waals surface area contributed by atoms with Crippen LogP contribution in [0.1, 0.15) is 70.6 Å². The third-order valence-electron chi connectivity index (χ3n) is 6.67. The SMILES string of the molecule is CCn1cc(C(=O)O)c(=O)c2cnc(N3CCN(C(=S)Nc4sc(C(=O)OC(C)C)c(C)c4C(=O)OC(C)C)CC3)nc21. The van der Waals surface area contributed by atoms with E-state index in [1.54, 1.807) is 39.2 Å². The molecule has 3 aromatic rings. The Morgan fingerprint density at radius 2 is 1.72 bits per heavy atom. The fraction of sp³-hybridized carbons (Fsp3) is 0.464. The van der Waals surface area contributed by atoms with Crippen LogP contribution in [0.25, 0.3) is 11.0 Å². The number of piperazine rings is 1. The molecule has 0 radical (unpaired) electrons. The van der Waals surface area contributed by atoms with E-state index in [1.165, 1.54) is 12.4 Å². The van der Waals surface area contributed by atoms with Crippen molar-refractivity contribution < 1.29 is 29.0 Å². The Labute approximate surface area is 257 Å². The number of aromatic carboxylic acids is 1. The predicted octanol–water partition coefficient (Wildman–Crippen LogP) is 3.53. The molecule has 13 nitrogen and oxygen atoms in total. The number of hydrogen-bond donors (Lipinski definition) is 2. The van der Waals surface area contributed by atoms with Gasteiger partial charge in [0.25, 0.3) is 0 Å². The average Bonchev–Trinajstić information content (AvgIpc) is 3.27. The number of hydrogen-bond acceptors (Lipinski definition) is 11. The van der Waals surface area contributed by atoms with E-state index < -0.39 is 23.3 Å². The molecule has 3 aromatic heterocycles. The van der Waals surface area contributed by atoms with Crippen molar-refractivity contribution in [2.45, 2.75) is 60.3 Å². The first-order valence-electron chi connectivity index (χ1n) is 13.8. The third kappa shape index (κ3) is 6.77. The molecule has 230 valence electrons. The number of ether oxygens (including phenoxy) is 2. The Kier molecular flexibility index (Phi) is 9.65. The van der Waals surface area contributed by atoms with E-state index in [0.29, 0.717) is 64.9 Å². The smallest absolute Gasteiger partial charge is 0.348 e. The number of nitrogens with zero attached hydrogens (tertiary/aromatic N) is 5. The molecule has 2 N–H and O–H groups in total. The number of rotatable bonds is 8. The van der Waals surface area contributed by atoms with Gasteiger partial charge in [-0.2, -0.15) is 4.98 Å². The number of carbonyl (C=O) groups is 3. The predicted molar refractivity (Wildman–Crippen MR) is 167 cm³/mol. The highest BCUT2D eigenvalue weighted by Gasteiger charge is 2.29. The Balaban J connectivity index is 1.52. The summed E-state index contributed by atoms with van der Waals surface area (Å²) in [6.45, 7) is 13.0. The van der Waals surface area contributed by atoms with E-state index in [2.05, 4.69) is 15.3 Å². The highest BCUT2D eigenvalue weighted by Crippen LogP contribution is 2.35. The number of aryl methyl sites for hydroxylation is 1. The Bertz CT molecular complexity index is 1640. The van der Waals surface area contributed by atoms with Crippen LogP contribution in [0.3, 0.4) is 0 Å².